The van der Waals surface area contributed by atoms with Crippen LogP contribution in [0.3, 0.4) is 0 Å². The molecule has 34 heavy (non-hydrogen) atoms. The van der Waals surface area contributed by atoms with E-state index in [9.17, 15) is 9.90 Å². The molecule has 0 bridgehead atoms. The Morgan fingerprint density at radius 3 is 2.94 bits per heavy atom. The molecule has 5 rings (SSSR count). The summed E-state index contributed by atoms with van der Waals surface area (Å²) in [5.74, 6) is 0.534. The van der Waals surface area contributed by atoms with Crippen LogP contribution in [0.15, 0.2) is 49.2 Å². The number of pyridine rings is 2. The SMILES string of the molecule is CNC(=O)[C@@H]1C[C@@H](O)[C@H](n2cnc3c(NCc4ccccn4)nc(-c4cncc(Cl)c4)nc32)O1. The molecule has 1 aliphatic heterocycles. The number of rotatable bonds is 6. The zero-order valence-corrected chi connectivity index (χ0v) is 18.8. The maximum absolute atomic E-state index is 12.1. The predicted molar refractivity (Wildman–Crippen MR) is 124 cm³/mol. The van der Waals surface area contributed by atoms with Gasteiger partial charge in [-0.05, 0) is 18.2 Å². The molecule has 0 radical (unpaired) electrons. The van der Waals surface area contributed by atoms with E-state index in [0.717, 1.165) is 5.69 Å². The minimum atomic E-state index is -0.920. The third kappa shape index (κ3) is 4.28. The Kier molecular flexibility index (Phi) is 6.05. The van der Waals surface area contributed by atoms with E-state index in [1.807, 2.05) is 18.2 Å². The van der Waals surface area contributed by atoms with E-state index in [2.05, 4.69) is 35.6 Å². The van der Waals surface area contributed by atoms with Crippen LogP contribution in [0.4, 0.5) is 5.82 Å². The van der Waals surface area contributed by atoms with Crippen molar-refractivity contribution in [1.82, 2.24) is 34.8 Å². The highest BCUT2D eigenvalue weighted by Crippen LogP contribution is 2.33. The minimum Gasteiger partial charge on any atom is -0.388 e. The van der Waals surface area contributed by atoms with E-state index in [1.54, 1.807) is 23.0 Å². The normalized spacial score (nSPS) is 19.9. The minimum absolute atomic E-state index is 0.158. The molecule has 1 amide bonds. The Morgan fingerprint density at radius 1 is 1.29 bits per heavy atom. The summed E-state index contributed by atoms with van der Waals surface area (Å²) in [7, 11) is 1.52. The van der Waals surface area contributed by atoms with Crippen LogP contribution in [0.5, 0.6) is 0 Å². The number of likely N-dealkylation sites (N-methyl/N-ethyl adjacent to an activating group) is 1. The number of anilines is 1. The highest BCUT2D eigenvalue weighted by Gasteiger charge is 2.39. The fraction of sp³-hybridized carbons (Fsp3) is 0.273. The predicted octanol–water partition coefficient (Wildman–Crippen LogP) is 1.94. The number of imidazole rings is 1. The second-order valence-corrected chi connectivity index (χ2v) is 8.16. The van der Waals surface area contributed by atoms with Crippen LogP contribution in [0.25, 0.3) is 22.6 Å². The van der Waals surface area contributed by atoms with Gasteiger partial charge in [0.25, 0.3) is 0 Å². The van der Waals surface area contributed by atoms with Gasteiger partial charge >= 0.3 is 0 Å². The molecule has 12 heteroatoms. The highest BCUT2D eigenvalue weighted by molar-refractivity contribution is 6.30. The molecule has 174 valence electrons. The van der Waals surface area contributed by atoms with E-state index >= 15 is 0 Å². The molecule has 4 aromatic heterocycles. The molecule has 4 aromatic rings. The van der Waals surface area contributed by atoms with Gasteiger partial charge in [0, 0.05) is 37.6 Å². The topological polar surface area (TPSA) is 140 Å². The molecule has 1 aliphatic rings. The molecular weight excluding hydrogens is 460 g/mol. The summed E-state index contributed by atoms with van der Waals surface area (Å²) < 4.78 is 7.46. The smallest absolute Gasteiger partial charge is 0.249 e. The summed E-state index contributed by atoms with van der Waals surface area (Å²) in [5.41, 5.74) is 2.34. The van der Waals surface area contributed by atoms with Gasteiger partial charge < -0.3 is 20.5 Å². The van der Waals surface area contributed by atoms with Crippen LogP contribution in [-0.2, 0) is 16.1 Å². The third-order valence-electron chi connectivity index (χ3n) is 5.45. The average Bonchev–Trinajstić information content (AvgIpc) is 3.45. The van der Waals surface area contributed by atoms with Crippen LogP contribution in [-0.4, -0.2) is 59.8 Å². The van der Waals surface area contributed by atoms with Gasteiger partial charge in [-0.15, -0.1) is 0 Å². The van der Waals surface area contributed by atoms with Gasteiger partial charge in [0.05, 0.1) is 23.6 Å². The third-order valence-corrected chi connectivity index (χ3v) is 5.66. The lowest BCUT2D eigenvalue weighted by molar-refractivity contribution is -0.134. The van der Waals surface area contributed by atoms with Crippen LogP contribution >= 0.6 is 11.6 Å². The van der Waals surface area contributed by atoms with Crippen molar-refractivity contribution in [2.75, 3.05) is 12.4 Å². The van der Waals surface area contributed by atoms with Crippen LogP contribution < -0.4 is 10.6 Å². The fourth-order valence-electron chi connectivity index (χ4n) is 3.80. The molecule has 1 saturated heterocycles. The van der Waals surface area contributed by atoms with Crippen molar-refractivity contribution < 1.29 is 14.6 Å². The van der Waals surface area contributed by atoms with Crippen molar-refractivity contribution in [3.63, 3.8) is 0 Å². The van der Waals surface area contributed by atoms with Gasteiger partial charge in [0.15, 0.2) is 29.0 Å². The summed E-state index contributed by atoms with van der Waals surface area (Å²) in [4.78, 5) is 34.3. The first-order valence-electron chi connectivity index (χ1n) is 10.6. The number of nitrogens with one attached hydrogen (secondary N) is 2. The molecular formula is C22H21ClN8O3. The second-order valence-electron chi connectivity index (χ2n) is 7.72. The first kappa shape index (κ1) is 22.1. The largest absolute Gasteiger partial charge is 0.388 e. The quantitative estimate of drug-likeness (QED) is 0.377. The molecule has 3 atom stereocenters. The van der Waals surface area contributed by atoms with Crippen LogP contribution in [0.2, 0.25) is 5.02 Å². The maximum Gasteiger partial charge on any atom is 0.249 e. The molecule has 5 heterocycles. The van der Waals surface area contributed by atoms with E-state index < -0.39 is 18.4 Å². The maximum atomic E-state index is 12.1. The summed E-state index contributed by atoms with van der Waals surface area (Å²) in [6.07, 6.45) is 3.99. The number of aliphatic hydroxyl groups is 1. The number of ether oxygens (including phenoxy) is 1. The van der Waals surface area contributed by atoms with Crippen molar-refractivity contribution in [2.45, 2.75) is 31.4 Å². The zero-order chi connectivity index (χ0) is 23.7. The zero-order valence-electron chi connectivity index (χ0n) is 18.1. The first-order chi connectivity index (χ1) is 16.5. The molecule has 0 aromatic carbocycles. The van der Waals surface area contributed by atoms with Gasteiger partial charge in [0.2, 0.25) is 5.91 Å². The number of carbonyl (C=O) groups excluding carboxylic acids is 1. The number of fused-ring (bicyclic) bond motifs is 1. The Morgan fingerprint density at radius 2 is 2.18 bits per heavy atom. The van der Waals surface area contributed by atoms with Gasteiger partial charge in [-0.2, -0.15) is 0 Å². The number of carbonyl (C=O) groups is 1. The highest BCUT2D eigenvalue weighted by atomic mass is 35.5. The Labute approximate surface area is 199 Å². The number of aromatic nitrogens is 6. The molecule has 0 saturated carbocycles. The molecule has 0 unspecified atom stereocenters. The average molecular weight is 481 g/mol. The van der Waals surface area contributed by atoms with Crippen LogP contribution in [0, 0.1) is 0 Å². The summed E-state index contributed by atoms with van der Waals surface area (Å²) in [6, 6.07) is 7.35. The molecule has 0 spiro atoms. The number of hydrogen-bond acceptors (Lipinski definition) is 9. The first-order valence-corrected chi connectivity index (χ1v) is 11.0. The van der Waals surface area contributed by atoms with Gasteiger partial charge in [-0.3, -0.25) is 19.3 Å². The van der Waals surface area contributed by atoms with E-state index in [0.29, 0.717) is 39.9 Å². The molecule has 3 N–H and O–H groups in total. The molecule has 0 aliphatic carbocycles. The number of amides is 1. The van der Waals surface area contributed by atoms with Crippen molar-refractivity contribution in [1.29, 1.82) is 0 Å². The number of nitrogens with zero attached hydrogens (tertiary/aromatic N) is 6. The number of halogens is 1. The Balaban J connectivity index is 1.57. The van der Waals surface area contributed by atoms with Crippen molar-refractivity contribution >= 4 is 34.5 Å². The van der Waals surface area contributed by atoms with Gasteiger partial charge in [-0.1, -0.05) is 17.7 Å². The van der Waals surface area contributed by atoms with E-state index in [-0.39, 0.29) is 12.3 Å². The van der Waals surface area contributed by atoms with Gasteiger partial charge in [-0.25, -0.2) is 15.0 Å². The van der Waals surface area contributed by atoms with Crippen molar-refractivity contribution in [3.8, 4) is 11.4 Å². The van der Waals surface area contributed by atoms with Crippen molar-refractivity contribution in [2.24, 2.45) is 0 Å². The summed E-state index contributed by atoms with van der Waals surface area (Å²) in [5, 5.41) is 16.9. The lowest BCUT2D eigenvalue weighted by Crippen LogP contribution is -2.31. The van der Waals surface area contributed by atoms with Gasteiger partial charge in [0.1, 0.15) is 12.2 Å². The lowest BCUT2D eigenvalue weighted by atomic mass is 10.2. The summed E-state index contributed by atoms with van der Waals surface area (Å²) in [6.45, 7) is 0.411. The molecule has 1 fully saturated rings. The second kappa shape index (κ2) is 9.29. The van der Waals surface area contributed by atoms with Crippen LogP contribution in [0.1, 0.15) is 18.3 Å². The lowest BCUT2D eigenvalue weighted by Gasteiger charge is -2.17. The Hall–Kier alpha value is -3.67. The number of hydrogen-bond donors (Lipinski definition) is 3. The monoisotopic (exact) mass is 480 g/mol. The standard InChI is InChI=1S/C22H21ClN8O3/c1-24-21(33)16-7-15(32)22(34-16)31-11-28-17-19(27-10-14-4-2-3-5-26-14)29-18(30-20(17)31)12-6-13(23)9-25-8-12/h2-6,8-9,11,15-16,22,32H,7,10H2,1H3,(H,24,33)(H,27,29,30)/t15-,16+,22-/m1/s1. The van der Waals surface area contributed by atoms with E-state index in [1.165, 1.54) is 19.6 Å². The number of aliphatic hydroxyl groups excluding tert-OH is 1. The Bertz CT molecular complexity index is 1330. The summed E-state index contributed by atoms with van der Waals surface area (Å²) >= 11 is 6.14. The fourth-order valence-corrected chi connectivity index (χ4v) is 3.97. The van der Waals surface area contributed by atoms with Crippen molar-refractivity contribution in [3.05, 3.63) is 59.9 Å². The molecule has 11 nitrogen and oxygen atoms in total. The van der Waals surface area contributed by atoms with E-state index in [4.69, 9.17) is 16.3 Å².